The number of esters is 1. The van der Waals surface area contributed by atoms with Gasteiger partial charge in [-0.05, 0) is 50.6 Å². The van der Waals surface area contributed by atoms with E-state index in [4.69, 9.17) is 18.9 Å². The van der Waals surface area contributed by atoms with Gasteiger partial charge in [-0.15, -0.1) is 0 Å². The number of allylic oxidation sites excluding steroid dienone is 1. The molecule has 0 fully saturated rings. The van der Waals surface area contributed by atoms with E-state index in [0.29, 0.717) is 56.6 Å². The fourth-order valence-electron chi connectivity index (χ4n) is 4.26. The lowest BCUT2D eigenvalue weighted by Crippen LogP contribution is -2.40. The Morgan fingerprint density at radius 2 is 1.89 bits per heavy atom. The molecule has 38 heavy (non-hydrogen) atoms. The third-order valence-corrected chi connectivity index (χ3v) is 6.87. The summed E-state index contributed by atoms with van der Waals surface area (Å²) >= 11 is 1.25. The minimum Gasteiger partial charge on any atom is -0.493 e. The minimum absolute atomic E-state index is 0.195. The molecule has 1 aliphatic rings. The van der Waals surface area contributed by atoms with Crippen molar-refractivity contribution in [3.63, 3.8) is 0 Å². The highest BCUT2D eigenvalue weighted by Crippen LogP contribution is 2.36. The zero-order valence-electron chi connectivity index (χ0n) is 21.9. The Kier molecular flexibility index (Phi) is 8.48. The third kappa shape index (κ3) is 5.28. The molecule has 0 N–H and O–H groups in total. The number of rotatable bonds is 10. The molecule has 4 rings (SSSR count). The number of fused-ring (bicyclic) bond motifs is 1. The van der Waals surface area contributed by atoms with Crippen molar-refractivity contribution in [3.8, 4) is 17.2 Å². The average molecular weight is 535 g/mol. The van der Waals surface area contributed by atoms with Gasteiger partial charge in [0.15, 0.2) is 16.3 Å². The number of methoxy groups -OCH3 is 1. The first-order chi connectivity index (χ1) is 18.4. The molecule has 0 saturated heterocycles. The molecule has 1 atom stereocenters. The Bertz CT molecular complexity index is 1570. The highest BCUT2D eigenvalue weighted by atomic mass is 32.1. The molecule has 0 bridgehead atoms. The van der Waals surface area contributed by atoms with Crippen LogP contribution in [0.3, 0.4) is 0 Å². The molecule has 0 unspecified atom stereocenters. The van der Waals surface area contributed by atoms with Crippen LogP contribution in [0.4, 0.5) is 0 Å². The van der Waals surface area contributed by atoms with E-state index < -0.39 is 12.0 Å². The Labute approximate surface area is 224 Å². The number of ether oxygens (including phenoxy) is 4. The van der Waals surface area contributed by atoms with E-state index in [2.05, 4.69) is 11.6 Å². The molecule has 0 aliphatic carbocycles. The first-order valence-corrected chi connectivity index (χ1v) is 13.1. The maximum Gasteiger partial charge on any atom is 0.338 e. The van der Waals surface area contributed by atoms with Crippen molar-refractivity contribution in [2.45, 2.75) is 26.8 Å². The van der Waals surface area contributed by atoms with Crippen molar-refractivity contribution in [1.82, 2.24) is 4.57 Å². The summed E-state index contributed by atoms with van der Waals surface area (Å²) in [6.45, 7) is 10.0. The first kappa shape index (κ1) is 26.9. The topological polar surface area (TPSA) is 88.3 Å². The molecular weight excluding hydrogens is 504 g/mol. The van der Waals surface area contributed by atoms with E-state index in [9.17, 15) is 9.59 Å². The van der Waals surface area contributed by atoms with Crippen LogP contribution in [-0.4, -0.2) is 37.5 Å². The summed E-state index contributed by atoms with van der Waals surface area (Å²) in [6, 6.07) is 12.1. The Morgan fingerprint density at radius 1 is 1.11 bits per heavy atom. The van der Waals surface area contributed by atoms with Crippen molar-refractivity contribution in [2.24, 2.45) is 4.99 Å². The number of nitrogens with zero attached hydrogens (tertiary/aromatic N) is 2. The number of hydrogen-bond donors (Lipinski definition) is 0. The van der Waals surface area contributed by atoms with Gasteiger partial charge in [-0.3, -0.25) is 9.36 Å². The van der Waals surface area contributed by atoms with Crippen molar-refractivity contribution < 1.29 is 23.7 Å². The molecule has 0 spiro atoms. The van der Waals surface area contributed by atoms with E-state index in [1.165, 1.54) is 11.3 Å². The fraction of sp³-hybridized carbons (Fsp3) is 0.276. The van der Waals surface area contributed by atoms with Crippen LogP contribution in [0.15, 0.2) is 76.2 Å². The summed E-state index contributed by atoms with van der Waals surface area (Å²) in [5.74, 6) is 1.18. The molecule has 0 saturated carbocycles. The summed E-state index contributed by atoms with van der Waals surface area (Å²) in [5.41, 5.74) is 1.94. The van der Waals surface area contributed by atoms with Crippen LogP contribution in [-0.2, 0) is 9.53 Å². The SMILES string of the molecule is C=CCOc1ccccc1C=c1sc2n(c1=O)[C@H](c1ccc(OC)c(OCC)c1)C(C(=O)OCC)=C(C)N=2. The maximum absolute atomic E-state index is 13.9. The first-order valence-electron chi connectivity index (χ1n) is 12.3. The lowest BCUT2D eigenvalue weighted by Gasteiger charge is -2.25. The predicted octanol–water partition coefficient (Wildman–Crippen LogP) is 3.77. The van der Waals surface area contributed by atoms with Crippen molar-refractivity contribution in [1.29, 1.82) is 0 Å². The lowest BCUT2D eigenvalue weighted by molar-refractivity contribution is -0.139. The summed E-state index contributed by atoms with van der Waals surface area (Å²) < 4.78 is 24.4. The Balaban J connectivity index is 1.95. The van der Waals surface area contributed by atoms with Crippen molar-refractivity contribution in [2.75, 3.05) is 26.9 Å². The van der Waals surface area contributed by atoms with E-state index >= 15 is 0 Å². The second-order valence-corrected chi connectivity index (χ2v) is 9.29. The highest BCUT2D eigenvalue weighted by molar-refractivity contribution is 7.07. The minimum atomic E-state index is -0.759. The van der Waals surface area contributed by atoms with Gasteiger partial charge in [-0.25, -0.2) is 9.79 Å². The highest BCUT2D eigenvalue weighted by Gasteiger charge is 2.34. The molecule has 198 valence electrons. The van der Waals surface area contributed by atoms with Gasteiger partial charge in [0.25, 0.3) is 5.56 Å². The zero-order chi connectivity index (χ0) is 27.2. The van der Waals surface area contributed by atoms with E-state index in [0.717, 1.165) is 5.56 Å². The molecule has 0 amide bonds. The molecule has 0 radical (unpaired) electrons. The van der Waals surface area contributed by atoms with Crippen LogP contribution in [0.1, 0.15) is 37.9 Å². The normalized spacial score (nSPS) is 14.9. The Hall–Kier alpha value is -4.11. The van der Waals surface area contributed by atoms with Crippen LogP contribution in [0.25, 0.3) is 6.08 Å². The third-order valence-electron chi connectivity index (χ3n) is 5.88. The monoisotopic (exact) mass is 534 g/mol. The molecule has 9 heteroatoms. The fourth-order valence-corrected chi connectivity index (χ4v) is 5.30. The lowest BCUT2D eigenvalue weighted by atomic mass is 9.95. The zero-order valence-corrected chi connectivity index (χ0v) is 22.7. The number of carbonyl (C=O) groups is 1. The van der Waals surface area contributed by atoms with Crippen LogP contribution in [0.5, 0.6) is 17.2 Å². The molecular formula is C29H30N2O6S. The summed E-state index contributed by atoms with van der Waals surface area (Å²) in [5, 5.41) is 0. The smallest absolute Gasteiger partial charge is 0.338 e. The molecule has 3 aromatic rings. The van der Waals surface area contributed by atoms with Gasteiger partial charge in [0, 0.05) is 5.56 Å². The molecule has 1 aliphatic heterocycles. The van der Waals surface area contributed by atoms with Crippen LogP contribution in [0, 0.1) is 0 Å². The van der Waals surface area contributed by atoms with Gasteiger partial charge in [0.05, 0.1) is 42.2 Å². The van der Waals surface area contributed by atoms with Crippen LogP contribution < -0.4 is 29.1 Å². The summed E-state index contributed by atoms with van der Waals surface area (Å²) in [4.78, 5) is 32.2. The largest absolute Gasteiger partial charge is 0.493 e. The molecule has 1 aromatic heterocycles. The van der Waals surface area contributed by atoms with Crippen LogP contribution >= 0.6 is 11.3 Å². The van der Waals surface area contributed by atoms with E-state index in [1.54, 1.807) is 49.8 Å². The number of thiazole rings is 1. The van der Waals surface area contributed by atoms with Gasteiger partial charge in [-0.2, -0.15) is 0 Å². The van der Waals surface area contributed by atoms with Gasteiger partial charge in [0.2, 0.25) is 0 Å². The number of para-hydroxylation sites is 1. The maximum atomic E-state index is 13.9. The second-order valence-electron chi connectivity index (χ2n) is 8.28. The van der Waals surface area contributed by atoms with Crippen LogP contribution in [0.2, 0.25) is 0 Å². The summed E-state index contributed by atoms with van der Waals surface area (Å²) in [6.07, 6.45) is 3.44. The second kappa shape index (κ2) is 12.0. The Morgan fingerprint density at radius 3 is 2.61 bits per heavy atom. The number of carbonyl (C=O) groups excluding carboxylic acids is 1. The molecule has 2 aromatic carbocycles. The molecule has 8 nitrogen and oxygen atoms in total. The van der Waals surface area contributed by atoms with E-state index in [1.807, 2.05) is 37.3 Å². The number of benzene rings is 2. The molecule has 2 heterocycles. The van der Waals surface area contributed by atoms with Crippen molar-refractivity contribution in [3.05, 3.63) is 97.2 Å². The van der Waals surface area contributed by atoms with Crippen molar-refractivity contribution >= 4 is 23.4 Å². The van der Waals surface area contributed by atoms with Gasteiger partial charge < -0.3 is 18.9 Å². The average Bonchev–Trinajstić information content (AvgIpc) is 3.21. The standard InChI is InChI=1S/C29H30N2O6S/c1-6-15-37-21-12-10-9-11-19(21)17-24-27(32)31-26(20-13-14-22(34-5)23(16-20)35-7-2)25(28(33)36-8-3)18(4)30-29(31)38-24/h6,9-14,16-17,26H,1,7-8,15H2,2-5H3/t26-/m1/s1. The van der Waals surface area contributed by atoms with Gasteiger partial charge in [-0.1, -0.05) is 48.3 Å². The number of aromatic nitrogens is 1. The predicted molar refractivity (Wildman–Crippen MR) is 147 cm³/mol. The van der Waals surface area contributed by atoms with Gasteiger partial charge >= 0.3 is 5.97 Å². The van der Waals surface area contributed by atoms with E-state index in [-0.39, 0.29) is 12.2 Å². The quantitative estimate of drug-likeness (QED) is 0.291. The summed E-state index contributed by atoms with van der Waals surface area (Å²) in [7, 11) is 1.56. The number of hydrogen-bond acceptors (Lipinski definition) is 8. The van der Waals surface area contributed by atoms with Gasteiger partial charge in [0.1, 0.15) is 12.4 Å².